The van der Waals surface area contributed by atoms with Crippen LogP contribution in [0, 0.1) is 0 Å². The molecule has 0 aliphatic carbocycles. The molecular weight excluding hydrogens is 343 g/mol. The monoisotopic (exact) mass is 352 g/mol. The minimum atomic E-state index is -0.557. The van der Waals surface area contributed by atoms with Crippen molar-refractivity contribution in [2.24, 2.45) is 0 Å². The molecule has 3 aromatic rings. The molecule has 0 saturated carbocycles. The van der Waals surface area contributed by atoms with Crippen LogP contribution in [0.3, 0.4) is 0 Å². The highest BCUT2D eigenvalue weighted by Gasteiger charge is 2.10. The van der Waals surface area contributed by atoms with Crippen LogP contribution in [0.1, 0.15) is 0 Å². The molecule has 0 aliphatic heterocycles. The van der Waals surface area contributed by atoms with Gasteiger partial charge in [-0.15, -0.1) is 0 Å². The Morgan fingerprint density at radius 3 is 2.57 bits per heavy atom. The summed E-state index contributed by atoms with van der Waals surface area (Å²) in [6.45, 7) is 0.114. The van der Waals surface area contributed by atoms with Gasteiger partial charge in [0, 0.05) is 12.4 Å². The number of benzene rings is 1. The smallest absolute Gasteiger partial charge is 0.328 e. The molecule has 0 amide bonds. The third-order valence-electron chi connectivity index (χ3n) is 3.11. The summed E-state index contributed by atoms with van der Waals surface area (Å²) in [6.07, 6.45) is 3.06. The molecule has 0 bridgehead atoms. The summed E-state index contributed by atoms with van der Waals surface area (Å²) in [5, 5.41) is 0.773. The zero-order valence-corrected chi connectivity index (χ0v) is 13.1. The van der Waals surface area contributed by atoms with Crippen molar-refractivity contribution < 1.29 is 4.74 Å². The van der Waals surface area contributed by atoms with Gasteiger partial charge >= 0.3 is 11.7 Å². The van der Waals surface area contributed by atoms with E-state index in [1.807, 2.05) is 0 Å². The number of halogens is 2. The largest absolute Gasteiger partial charge is 0.462 e. The van der Waals surface area contributed by atoms with Gasteiger partial charge in [-0.3, -0.25) is 9.36 Å². The first-order chi connectivity index (χ1) is 11.1. The molecular formula is C14H10Cl2N4O3. The second-order valence-electron chi connectivity index (χ2n) is 4.58. The SMILES string of the molecule is O=c1[nH]c2cc(Cl)c(Cl)cc2c(=O)n1CCOc1ncccn1. The Kier molecular flexibility index (Phi) is 4.31. The van der Waals surface area contributed by atoms with E-state index < -0.39 is 11.2 Å². The van der Waals surface area contributed by atoms with E-state index in [0.29, 0.717) is 5.52 Å². The van der Waals surface area contributed by atoms with E-state index in [4.69, 9.17) is 27.9 Å². The van der Waals surface area contributed by atoms with Gasteiger partial charge in [0.2, 0.25) is 0 Å². The van der Waals surface area contributed by atoms with Gasteiger partial charge in [-0.05, 0) is 18.2 Å². The number of ether oxygens (including phenoxy) is 1. The summed E-state index contributed by atoms with van der Waals surface area (Å²) in [5.74, 6) is 0. The van der Waals surface area contributed by atoms with Crippen molar-refractivity contribution in [3.63, 3.8) is 0 Å². The van der Waals surface area contributed by atoms with Crippen LogP contribution in [0.15, 0.2) is 40.2 Å². The van der Waals surface area contributed by atoms with E-state index in [9.17, 15) is 9.59 Å². The maximum atomic E-state index is 12.4. The van der Waals surface area contributed by atoms with Crippen molar-refractivity contribution in [2.45, 2.75) is 6.54 Å². The zero-order valence-electron chi connectivity index (χ0n) is 11.6. The molecule has 1 aromatic carbocycles. The maximum absolute atomic E-state index is 12.4. The normalized spacial score (nSPS) is 10.9. The molecule has 0 radical (unpaired) electrons. The summed E-state index contributed by atoms with van der Waals surface area (Å²) in [6, 6.07) is 4.70. The lowest BCUT2D eigenvalue weighted by molar-refractivity contribution is 0.272. The number of aromatic amines is 1. The van der Waals surface area contributed by atoms with Crippen LogP contribution < -0.4 is 16.0 Å². The highest BCUT2D eigenvalue weighted by molar-refractivity contribution is 6.42. The number of fused-ring (bicyclic) bond motifs is 1. The van der Waals surface area contributed by atoms with Crippen LogP contribution in [0.4, 0.5) is 0 Å². The molecule has 0 spiro atoms. The van der Waals surface area contributed by atoms with Crippen LogP contribution >= 0.6 is 23.2 Å². The standard InChI is InChI=1S/C14H10Cl2N4O3/c15-9-6-8-11(7-10(9)16)19-14(22)20(12(8)21)4-5-23-13-17-2-1-3-18-13/h1-3,6-7H,4-5H2,(H,19,22). The fourth-order valence-corrected chi connectivity index (χ4v) is 2.37. The first-order valence-electron chi connectivity index (χ1n) is 6.58. The number of hydrogen-bond acceptors (Lipinski definition) is 5. The van der Waals surface area contributed by atoms with Gasteiger partial charge in [0.15, 0.2) is 0 Å². The third kappa shape index (κ3) is 3.20. The van der Waals surface area contributed by atoms with Crippen molar-refractivity contribution in [2.75, 3.05) is 6.61 Å². The Labute approximate surface area is 139 Å². The quantitative estimate of drug-likeness (QED) is 0.773. The van der Waals surface area contributed by atoms with Crippen LogP contribution in [0.5, 0.6) is 6.01 Å². The summed E-state index contributed by atoms with van der Waals surface area (Å²) in [7, 11) is 0. The minimum Gasteiger partial charge on any atom is -0.462 e. The molecule has 7 nitrogen and oxygen atoms in total. The predicted molar refractivity (Wildman–Crippen MR) is 86.4 cm³/mol. The van der Waals surface area contributed by atoms with E-state index in [0.717, 1.165) is 4.57 Å². The second-order valence-corrected chi connectivity index (χ2v) is 5.39. The molecule has 0 unspecified atom stereocenters. The number of nitrogens with one attached hydrogen (secondary N) is 1. The van der Waals surface area contributed by atoms with Crippen molar-refractivity contribution in [1.29, 1.82) is 0 Å². The number of rotatable bonds is 4. The highest BCUT2D eigenvalue weighted by atomic mass is 35.5. The van der Waals surface area contributed by atoms with Gasteiger partial charge in [-0.1, -0.05) is 23.2 Å². The van der Waals surface area contributed by atoms with E-state index in [-0.39, 0.29) is 34.6 Å². The maximum Gasteiger partial charge on any atom is 0.328 e. The number of aromatic nitrogens is 4. The fourth-order valence-electron chi connectivity index (χ4n) is 2.04. The molecule has 1 N–H and O–H groups in total. The molecule has 0 atom stereocenters. The van der Waals surface area contributed by atoms with E-state index in [1.165, 1.54) is 24.5 Å². The highest BCUT2D eigenvalue weighted by Crippen LogP contribution is 2.24. The number of hydrogen-bond donors (Lipinski definition) is 1. The van der Waals surface area contributed by atoms with Crippen molar-refractivity contribution >= 4 is 34.1 Å². The lowest BCUT2D eigenvalue weighted by Gasteiger charge is -2.08. The van der Waals surface area contributed by atoms with Gasteiger partial charge < -0.3 is 9.72 Å². The average molecular weight is 353 g/mol. The second kappa shape index (κ2) is 6.39. The summed E-state index contributed by atoms with van der Waals surface area (Å²) < 4.78 is 6.32. The molecule has 23 heavy (non-hydrogen) atoms. The van der Waals surface area contributed by atoms with E-state index in [1.54, 1.807) is 6.07 Å². The Morgan fingerprint density at radius 2 is 1.83 bits per heavy atom. The van der Waals surface area contributed by atoms with Gasteiger partial charge in [0.25, 0.3) is 5.56 Å². The summed E-state index contributed by atoms with van der Waals surface area (Å²) in [5.41, 5.74) is -0.698. The van der Waals surface area contributed by atoms with Gasteiger partial charge in [0.05, 0.1) is 27.5 Å². The van der Waals surface area contributed by atoms with Crippen LogP contribution in [0.2, 0.25) is 10.0 Å². The average Bonchev–Trinajstić information content (AvgIpc) is 2.54. The zero-order chi connectivity index (χ0) is 16.4. The van der Waals surface area contributed by atoms with E-state index >= 15 is 0 Å². The van der Waals surface area contributed by atoms with Crippen LogP contribution in [-0.2, 0) is 6.54 Å². The number of nitrogens with zero attached hydrogens (tertiary/aromatic N) is 3. The van der Waals surface area contributed by atoms with Crippen LogP contribution in [-0.4, -0.2) is 26.1 Å². The Balaban J connectivity index is 1.90. The lowest BCUT2D eigenvalue weighted by atomic mass is 10.2. The Hall–Kier alpha value is -2.38. The molecule has 2 aromatic heterocycles. The first kappa shape index (κ1) is 15.5. The Morgan fingerprint density at radius 1 is 1.13 bits per heavy atom. The molecule has 118 valence electrons. The van der Waals surface area contributed by atoms with Crippen molar-refractivity contribution in [1.82, 2.24) is 19.5 Å². The molecule has 2 heterocycles. The van der Waals surface area contributed by atoms with Crippen LogP contribution in [0.25, 0.3) is 10.9 Å². The molecule has 3 rings (SSSR count). The van der Waals surface area contributed by atoms with E-state index in [2.05, 4.69) is 15.0 Å². The fraction of sp³-hybridized carbons (Fsp3) is 0.143. The third-order valence-corrected chi connectivity index (χ3v) is 3.83. The first-order valence-corrected chi connectivity index (χ1v) is 7.33. The predicted octanol–water partition coefficient (Wildman–Crippen LogP) is 1.87. The Bertz CT molecular complexity index is 969. The molecule has 0 saturated heterocycles. The van der Waals surface area contributed by atoms with Gasteiger partial charge in [0.1, 0.15) is 6.61 Å². The summed E-state index contributed by atoms with van der Waals surface area (Å²) >= 11 is 11.8. The molecule has 0 aliphatic rings. The summed E-state index contributed by atoms with van der Waals surface area (Å²) in [4.78, 5) is 34.8. The number of H-pyrrole nitrogens is 1. The minimum absolute atomic E-state index is 0.0443. The van der Waals surface area contributed by atoms with Gasteiger partial charge in [-0.2, -0.15) is 0 Å². The van der Waals surface area contributed by atoms with Crippen molar-refractivity contribution in [3.8, 4) is 6.01 Å². The molecule has 9 heteroatoms. The van der Waals surface area contributed by atoms with Crippen molar-refractivity contribution in [3.05, 3.63) is 61.5 Å². The lowest BCUT2D eigenvalue weighted by Crippen LogP contribution is -2.36. The molecule has 0 fully saturated rings. The van der Waals surface area contributed by atoms with Gasteiger partial charge in [-0.25, -0.2) is 14.8 Å². The topological polar surface area (TPSA) is 89.9 Å².